The molecule has 2 heterocycles. The van der Waals surface area contributed by atoms with Crippen molar-refractivity contribution in [1.82, 2.24) is 4.98 Å². The van der Waals surface area contributed by atoms with Crippen molar-refractivity contribution in [3.8, 4) is 17.6 Å². The van der Waals surface area contributed by atoms with Crippen molar-refractivity contribution in [2.75, 3.05) is 6.61 Å². The zero-order valence-electron chi connectivity index (χ0n) is 15.4. The first-order chi connectivity index (χ1) is 13.7. The Morgan fingerprint density at radius 3 is 2.68 bits per heavy atom. The van der Waals surface area contributed by atoms with Crippen LogP contribution in [0, 0.1) is 18.3 Å². The first-order valence-electron chi connectivity index (χ1n) is 9.03. The molecule has 1 aliphatic heterocycles. The lowest BCUT2D eigenvalue weighted by Gasteiger charge is -2.22. The SMILES string of the molecule is Cc1cc([C@@H](Oc2ccc3c(c2)OCCC3=O)c2ccncc2)ccc1C#N. The maximum absolute atomic E-state index is 12.0. The minimum atomic E-state index is -0.383. The topological polar surface area (TPSA) is 72.2 Å². The van der Waals surface area contributed by atoms with Gasteiger partial charge in [0, 0.05) is 24.9 Å². The number of nitriles is 1. The molecule has 4 rings (SSSR count). The molecule has 0 N–H and O–H groups in total. The second-order valence-electron chi connectivity index (χ2n) is 6.64. The van der Waals surface area contributed by atoms with Crippen LogP contribution in [0.4, 0.5) is 0 Å². The number of Topliss-reactive ketones (excluding diaryl/α,β-unsaturated/α-hetero) is 1. The van der Waals surface area contributed by atoms with E-state index >= 15 is 0 Å². The van der Waals surface area contributed by atoms with Gasteiger partial charge in [0.05, 0.1) is 23.8 Å². The molecule has 0 fully saturated rings. The van der Waals surface area contributed by atoms with E-state index in [2.05, 4.69) is 11.1 Å². The molecular weight excluding hydrogens is 352 g/mol. The summed E-state index contributed by atoms with van der Waals surface area (Å²) < 4.78 is 11.9. The maximum atomic E-state index is 12.0. The highest BCUT2D eigenvalue weighted by Gasteiger charge is 2.21. The van der Waals surface area contributed by atoms with Gasteiger partial charge in [-0.3, -0.25) is 9.78 Å². The van der Waals surface area contributed by atoms with Crippen LogP contribution in [0.5, 0.6) is 11.5 Å². The van der Waals surface area contributed by atoms with Crippen molar-refractivity contribution < 1.29 is 14.3 Å². The van der Waals surface area contributed by atoms with E-state index in [-0.39, 0.29) is 11.9 Å². The predicted molar refractivity (Wildman–Crippen MR) is 103 cm³/mol. The molecule has 0 saturated carbocycles. The van der Waals surface area contributed by atoms with Crippen molar-refractivity contribution in [2.45, 2.75) is 19.4 Å². The number of rotatable bonds is 4. The Morgan fingerprint density at radius 1 is 1.11 bits per heavy atom. The second kappa shape index (κ2) is 7.53. The molecule has 28 heavy (non-hydrogen) atoms. The number of carbonyl (C=O) groups excluding carboxylic acids is 1. The Bertz CT molecular complexity index is 1070. The van der Waals surface area contributed by atoms with Crippen molar-refractivity contribution in [3.63, 3.8) is 0 Å². The monoisotopic (exact) mass is 370 g/mol. The summed E-state index contributed by atoms with van der Waals surface area (Å²) in [6, 6.07) is 16.9. The average molecular weight is 370 g/mol. The third-order valence-corrected chi connectivity index (χ3v) is 4.78. The lowest BCUT2D eigenvalue weighted by atomic mass is 9.98. The Balaban J connectivity index is 1.72. The minimum absolute atomic E-state index is 0.0844. The van der Waals surface area contributed by atoms with E-state index in [9.17, 15) is 10.1 Å². The van der Waals surface area contributed by atoms with Gasteiger partial charge in [-0.15, -0.1) is 0 Å². The standard InChI is InChI=1S/C23H18N2O3/c1-15-12-17(2-3-18(15)14-24)23(16-6-9-25-10-7-16)28-19-4-5-20-21(26)8-11-27-22(20)13-19/h2-7,9-10,12-13,23H,8,11H2,1H3/t23-/m0/s1. The summed E-state index contributed by atoms with van der Waals surface area (Å²) in [5.41, 5.74) is 3.99. The lowest BCUT2D eigenvalue weighted by molar-refractivity contribution is 0.0933. The Labute approximate surface area is 163 Å². The molecule has 1 atom stereocenters. The fourth-order valence-corrected chi connectivity index (χ4v) is 3.29. The fraction of sp³-hybridized carbons (Fsp3) is 0.174. The Kier molecular flexibility index (Phi) is 4.77. The summed E-state index contributed by atoms with van der Waals surface area (Å²) in [7, 11) is 0. The van der Waals surface area contributed by atoms with E-state index < -0.39 is 0 Å². The van der Waals surface area contributed by atoms with Crippen LogP contribution >= 0.6 is 0 Å². The zero-order valence-corrected chi connectivity index (χ0v) is 15.4. The van der Waals surface area contributed by atoms with E-state index in [1.54, 1.807) is 36.7 Å². The summed E-state index contributed by atoms with van der Waals surface area (Å²) in [6.45, 7) is 2.29. The molecule has 0 saturated heterocycles. The molecule has 5 heteroatoms. The van der Waals surface area contributed by atoms with Gasteiger partial charge in [-0.1, -0.05) is 12.1 Å². The number of hydrogen-bond acceptors (Lipinski definition) is 5. The number of hydrogen-bond donors (Lipinski definition) is 0. The zero-order chi connectivity index (χ0) is 19.5. The fourth-order valence-electron chi connectivity index (χ4n) is 3.29. The molecule has 5 nitrogen and oxygen atoms in total. The predicted octanol–water partition coefficient (Wildman–Crippen LogP) is 4.40. The molecule has 0 amide bonds. The Hall–Kier alpha value is -3.65. The molecule has 0 aliphatic carbocycles. The van der Waals surface area contributed by atoms with Crippen LogP contribution in [0.3, 0.4) is 0 Å². The van der Waals surface area contributed by atoms with E-state index in [0.29, 0.717) is 35.7 Å². The van der Waals surface area contributed by atoms with Gasteiger partial charge in [0.1, 0.15) is 17.6 Å². The van der Waals surface area contributed by atoms with Gasteiger partial charge in [-0.25, -0.2) is 0 Å². The van der Waals surface area contributed by atoms with E-state index in [1.807, 2.05) is 31.2 Å². The van der Waals surface area contributed by atoms with Crippen LogP contribution < -0.4 is 9.47 Å². The first-order valence-corrected chi connectivity index (χ1v) is 9.03. The van der Waals surface area contributed by atoms with Crippen LogP contribution in [0.25, 0.3) is 0 Å². The summed E-state index contributed by atoms with van der Waals surface area (Å²) in [6.07, 6.45) is 3.46. The molecule has 2 aromatic carbocycles. The van der Waals surface area contributed by atoms with Gasteiger partial charge in [0.25, 0.3) is 0 Å². The molecule has 0 unspecified atom stereocenters. The smallest absolute Gasteiger partial charge is 0.169 e. The molecule has 0 spiro atoms. The Morgan fingerprint density at radius 2 is 1.93 bits per heavy atom. The average Bonchev–Trinajstić information content (AvgIpc) is 2.73. The van der Waals surface area contributed by atoms with Crippen molar-refractivity contribution in [3.05, 3.63) is 88.7 Å². The quantitative estimate of drug-likeness (QED) is 0.681. The largest absolute Gasteiger partial charge is 0.492 e. The number of ketones is 1. The van der Waals surface area contributed by atoms with E-state index in [1.165, 1.54) is 0 Å². The summed E-state index contributed by atoms with van der Waals surface area (Å²) in [4.78, 5) is 16.1. The lowest BCUT2D eigenvalue weighted by Crippen LogP contribution is -2.16. The molecule has 1 aliphatic rings. The van der Waals surface area contributed by atoms with Crippen LogP contribution in [-0.4, -0.2) is 17.4 Å². The van der Waals surface area contributed by atoms with Gasteiger partial charge in [-0.05, 0) is 53.9 Å². The number of aryl methyl sites for hydroxylation is 1. The maximum Gasteiger partial charge on any atom is 0.169 e. The third kappa shape index (κ3) is 3.45. The normalized spacial score (nSPS) is 13.8. The molecule has 0 bridgehead atoms. The van der Waals surface area contributed by atoms with E-state index in [4.69, 9.17) is 9.47 Å². The van der Waals surface area contributed by atoms with E-state index in [0.717, 1.165) is 16.7 Å². The number of nitrogens with zero attached hydrogens (tertiary/aromatic N) is 2. The van der Waals surface area contributed by atoms with Gasteiger partial charge in [0.2, 0.25) is 0 Å². The van der Waals surface area contributed by atoms with Crippen LogP contribution in [0.15, 0.2) is 60.9 Å². The number of aromatic nitrogens is 1. The molecular formula is C23H18N2O3. The highest BCUT2D eigenvalue weighted by atomic mass is 16.5. The summed E-state index contributed by atoms with van der Waals surface area (Å²) >= 11 is 0. The number of benzene rings is 2. The van der Waals surface area contributed by atoms with Crippen LogP contribution in [0.1, 0.15) is 45.1 Å². The van der Waals surface area contributed by atoms with Crippen molar-refractivity contribution in [1.29, 1.82) is 5.26 Å². The third-order valence-electron chi connectivity index (χ3n) is 4.78. The van der Waals surface area contributed by atoms with Crippen LogP contribution in [-0.2, 0) is 0 Å². The number of fused-ring (bicyclic) bond motifs is 1. The van der Waals surface area contributed by atoms with Crippen molar-refractivity contribution >= 4 is 5.78 Å². The van der Waals surface area contributed by atoms with Gasteiger partial charge < -0.3 is 9.47 Å². The highest BCUT2D eigenvalue weighted by molar-refractivity contribution is 5.99. The molecule has 1 aromatic heterocycles. The van der Waals surface area contributed by atoms with Gasteiger partial charge in [-0.2, -0.15) is 5.26 Å². The van der Waals surface area contributed by atoms with Gasteiger partial charge in [0.15, 0.2) is 5.78 Å². The van der Waals surface area contributed by atoms with Crippen LogP contribution in [0.2, 0.25) is 0 Å². The first kappa shape index (κ1) is 17.7. The second-order valence-corrected chi connectivity index (χ2v) is 6.64. The number of pyridine rings is 1. The minimum Gasteiger partial charge on any atom is -0.492 e. The number of ether oxygens (including phenoxy) is 2. The van der Waals surface area contributed by atoms with Gasteiger partial charge >= 0.3 is 0 Å². The highest BCUT2D eigenvalue weighted by Crippen LogP contribution is 2.34. The summed E-state index contributed by atoms with van der Waals surface area (Å²) in [5, 5.41) is 9.20. The number of carbonyl (C=O) groups is 1. The molecule has 0 radical (unpaired) electrons. The van der Waals surface area contributed by atoms with Crippen molar-refractivity contribution in [2.24, 2.45) is 0 Å². The summed E-state index contributed by atoms with van der Waals surface area (Å²) in [5.74, 6) is 1.25. The molecule has 3 aromatic rings. The molecule has 138 valence electrons.